The molecule has 0 spiro atoms. The van der Waals surface area contributed by atoms with Gasteiger partial charge in [0, 0.05) is 18.2 Å². The van der Waals surface area contributed by atoms with Crippen LogP contribution in [0.1, 0.15) is 40.4 Å². The van der Waals surface area contributed by atoms with Gasteiger partial charge >= 0.3 is 5.97 Å². The lowest BCUT2D eigenvalue weighted by atomic mass is 9.99. The lowest BCUT2D eigenvalue weighted by Crippen LogP contribution is -2.38. The Hall–Kier alpha value is -2.75. The van der Waals surface area contributed by atoms with Crippen molar-refractivity contribution in [3.8, 4) is 0 Å². The summed E-state index contributed by atoms with van der Waals surface area (Å²) < 4.78 is 30.6. The molecular formula is C22H25N3O5S. The van der Waals surface area contributed by atoms with E-state index in [0.29, 0.717) is 37.1 Å². The molecule has 2 aliphatic heterocycles. The van der Waals surface area contributed by atoms with Gasteiger partial charge in [-0.3, -0.25) is 13.9 Å². The molecule has 0 aliphatic carbocycles. The zero-order chi connectivity index (χ0) is 22.0. The van der Waals surface area contributed by atoms with Crippen molar-refractivity contribution in [2.45, 2.75) is 31.3 Å². The number of esters is 1. The van der Waals surface area contributed by atoms with E-state index in [1.807, 2.05) is 30.3 Å². The third-order valence-corrected chi connectivity index (χ3v) is 6.79. The number of aryl methyl sites for hydroxylation is 1. The SMILES string of the molecule is CS(=O)(=O)N1CCCc2cc(C(=O)COC(=O)C3CC(c4ccccc4)NN3)ccc21. The number of carbonyl (C=O) groups is 2. The van der Waals surface area contributed by atoms with Gasteiger partial charge in [-0.15, -0.1) is 0 Å². The first-order valence-corrected chi connectivity index (χ1v) is 12.0. The fourth-order valence-electron chi connectivity index (χ4n) is 4.02. The summed E-state index contributed by atoms with van der Waals surface area (Å²) in [6.45, 7) is 0.0741. The predicted octanol–water partition coefficient (Wildman–Crippen LogP) is 1.73. The Morgan fingerprint density at radius 3 is 2.65 bits per heavy atom. The number of hydrogen-bond acceptors (Lipinski definition) is 7. The van der Waals surface area contributed by atoms with Crippen molar-refractivity contribution in [1.82, 2.24) is 10.9 Å². The number of ether oxygens (including phenoxy) is 1. The number of fused-ring (bicyclic) bond motifs is 1. The second-order valence-corrected chi connectivity index (χ2v) is 9.76. The van der Waals surface area contributed by atoms with Gasteiger partial charge in [-0.05, 0) is 48.6 Å². The normalized spacial score (nSPS) is 20.9. The third-order valence-electron chi connectivity index (χ3n) is 5.61. The standard InChI is InChI=1S/C22H25N3O5S/c1-31(28,29)25-11-5-8-16-12-17(9-10-20(16)25)21(26)14-30-22(27)19-13-18(23-24-19)15-6-3-2-4-7-15/h2-4,6-7,9-10,12,18-19,23-24H,5,8,11,13-14H2,1H3. The Morgan fingerprint density at radius 1 is 1.13 bits per heavy atom. The number of nitrogens with one attached hydrogen (secondary N) is 2. The van der Waals surface area contributed by atoms with Gasteiger partial charge in [0.15, 0.2) is 12.4 Å². The molecule has 0 amide bonds. The van der Waals surface area contributed by atoms with Gasteiger partial charge in [-0.2, -0.15) is 0 Å². The molecule has 4 rings (SSSR count). The summed E-state index contributed by atoms with van der Waals surface area (Å²) in [4.78, 5) is 25.0. The summed E-state index contributed by atoms with van der Waals surface area (Å²) >= 11 is 0. The van der Waals surface area contributed by atoms with Crippen LogP contribution in [-0.2, 0) is 26.0 Å². The van der Waals surface area contributed by atoms with Crippen molar-refractivity contribution in [2.24, 2.45) is 0 Å². The zero-order valence-corrected chi connectivity index (χ0v) is 18.0. The van der Waals surface area contributed by atoms with Crippen LogP contribution in [0.3, 0.4) is 0 Å². The highest BCUT2D eigenvalue weighted by molar-refractivity contribution is 7.92. The number of hydrazine groups is 1. The quantitative estimate of drug-likeness (QED) is 0.518. The van der Waals surface area contributed by atoms with Crippen LogP contribution in [0, 0.1) is 0 Å². The summed E-state index contributed by atoms with van der Waals surface area (Å²) in [5.41, 5.74) is 8.90. The van der Waals surface area contributed by atoms with Crippen LogP contribution in [-0.4, -0.2) is 45.6 Å². The fourth-order valence-corrected chi connectivity index (χ4v) is 5.01. The van der Waals surface area contributed by atoms with Crippen molar-refractivity contribution in [2.75, 3.05) is 23.7 Å². The largest absolute Gasteiger partial charge is 0.456 e. The molecule has 9 heteroatoms. The highest BCUT2D eigenvalue weighted by Gasteiger charge is 2.31. The van der Waals surface area contributed by atoms with Crippen LogP contribution in [0.5, 0.6) is 0 Å². The van der Waals surface area contributed by atoms with Crippen molar-refractivity contribution < 1.29 is 22.7 Å². The minimum absolute atomic E-state index is 0.00659. The summed E-state index contributed by atoms with van der Waals surface area (Å²) in [6, 6.07) is 14.2. The van der Waals surface area contributed by atoms with Crippen molar-refractivity contribution in [3.63, 3.8) is 0 Å². The van der Waals surface area contributed by atoms with E-state index >= 15 is 0 Å². The zero-order valence-electron chi connectivity index (χ0n) is 17.2. The minimum Gasteiger partial charge on any atom is -0.456 e. The number of carbonyl (C=O) groups excluding carboxylic acids is 2. The number of nitrogens with zero attached hydrogens (tertiary/aromatic N) is 1. The van der Waals surface area contributed by atoms with Crippen LogP contribution < -0.4 is 15.2 Å². The van der Waals surface area contributed by atoms with Gasteiger partial charge in [0.1, 0.15) is 6.04 Å². The molecule has 2 aromatic carbocycles. The predicted molar refractivity (Wildman–Crippen MR) is 116 cm³/mol. The molecule has 164 valence electrons. The molecule has 1 fully saturated rings. The van der Waals surface area contributed by atoms with E-state index in [0.717, 1.165) is 11.1 Å². The Bertz CT molecular complexity index is 1090. The highest BCUT2D eigenvalue weighted by Crippen LogP contribution is 2.30. The van der Waals surface area contributed by atoms with E-state index in [9.17, 15) is 18.0 Å². The molecule has 1 saturated heterocycles. The average molecular weight is 444 g/mol. The molecule has 31 heavy (non-hydrogen) atoms. The first kappa shape index (κ1) is 21.5. The molecule has 2 N–H and O–H groups in total. The van der Waals surface area contributed by atoms with Gasteiger partial charge in [0.25, 0.3) is 0 Å². The molecule has 0 bridgehead atoms. The lowest BCUT2D eigenvalue weighted by molar-refractivity contribution is -0.144. The van der Waals surface area contributed by atoms with E-state index in [2.05, 4.69) is 10.9 Å². The average Bonchev–Trinajstić information content (AvgIpc) is 3.27. The van der Waals surface area contributed by atoms with Gasteiger partial charge in [-0.25, -0.2) is 19.3 Å². The van der Waals surface area contributed by atoms with E-state index in [-0.39, 0.29) is 18.4 Å². The molecular weight excluding hydrogens is 418 g/mol. The Labute approximate surface area is 181 Å². The smallest absolute Gasteiger partial charge is 0.325 e. The third kappa shape index (κ3) is 4.79. The van der Waals surface area contributed by atoms with Crippen molar-refractivity contribution in [1.29, 1.82) is 0 Å². The number of sulfonamides is 1. The molecule has 2 unspecified atom stereocenters. The van der Waals surface area contributed by atoms with E-state index in [1.54, 1.807) is 18.2 Å². The highest BCUT2D eigenvalue weighted by atomic mass is 32.2. The molecule has 2 heterocycles. The van der Waals surface area contributed by atoms with Gasteiger partial charge in [-0.1, -0.05) is 30.3 Å². The Kier molecular flexibility index (Phi) is 6.08. The first-order chi connectivity index (χ1) is 14.8. The van der Waals surface area contributed by atoms with Crippen LogP contribution in [0.2, 0.25) is 0 Å². The van der Waals surface area contributed by atoms with Crippen LogP contribution >= 0.6 is 0 Å². The Balaban J connectivity index is 1.35. The lowest BCUT2D eigenvalue weighted by Gasteiger charge is -2.29. The van der Waals surface area contributed by atoms with Gasteiger partial charge in [0.05, 0.1) is 11.9 Å². The van der Waals surface area contributed by atoms with Crippen molar-refractivity contribution >= 4 is 27.5 Å². The van der Waals surface area contributed by atoms with Crippen LogP contribution in [0.15, 0.2) is 48.5 Å². The van der Waals surface area contributed by atoms with E-state index < -0.39 is 22.0 Å². The molecule has 2 aliphatic rings. The second kappa shape index (κ2) is 8.78. The van der Waals surface area contributed by atoms with Crippen molar-refractivity contribution in [3.05, 3.63) is 65.2 Å². The summed E-state index contributed by atoms with van der Waals surface area (Å²) in [5, 5.41) is 0. The number of hydrogen-bond donors (Lipinski definition) is 2. The maximum absolute atomic E-state index is 12.6. The maximum Gasteiger partial charge on any atom is 0.325 e. The number of Topliss-reactive ketones (excluding diaryl/α,β-unsaturated/α-hetero) is 1. The number of benzene rings is 2. The van der Waals surface area contributed by atoms with E-state index in [1.165, 1.54) is 10.6 Å². The molecule has 2 atom stereocenters. The maximum atomic E-state index is 12.6. The fraction of sp³-hybridized carbons (Fsp3) is 0.364. The topological polar surface area (TPSA) is 105 Å². The summed E-state index contributed by atoms with van der Waals surface area (Å²) in [6.07, 6.45) is 3.09. The summed E-state index contributed by atoms with van der Waals surface area (Å²) in [7, 11) is -3.36. The molecule has 0 saturated carbocycles. The molecule has 0 radical (unpaired) electrons. The molecule has 0 aromatic heterocycles. The van der Waals surface area contributed by atoms with Crippen LogP contribution in [0.25, 0.3) is 0 Å². The number of ketones is 1. The first-order valence-electron chi connectivity index (χ1n) is 10.2. The minimum atomic E-state index is -3.36. The van der Waals surface area contributed by atoms with Crippen LogP contribution in [0.4, 0.5) is 5.69 Å². The number of rotatable bonds is 6. The van der Waals surface area contributed by atoms with Gasteiger partial charge < -0.3 is 4.74 Å². The molecule has 8 nitrogen and oxygen atoms in total. The second-order valence-electron chi connectivity index (χ2n) is 7.85. The molecule has 2 aromatic rings. The number of anilines is 1. The van der Waals surface area contributed by atoms with Gasteiger partial charge in [0.2, 0.25) is 10.0 Å². The monoisotopic (exact) mass is 443 g/mol. The van der Waals surface area contributed by atoms with E-state index in [4.69, 9.17) is 4.74 Å². The summed E-state index contributed by atoms with van der Waals surface area (Å²) in [5.74, 6) is -0.807. The Morgan fingerprint density at radius 2 is 1.90 bits per heavy atom.